The van der Waals surface area contributed by atoms with Gasteiger partial charge in [-0.3, -0.25) is 4.79 Å². The van der Waals surface area contributed by atoms with Crippen LogP contribution in [0.1, 0.15) is 5.56 Å². The van der Waals surface area contributed by atoms with E-state index in [9.17, 15) is 4.79 Å². The van der Waals surface area contributed by atoms with Gasteiger partial charge in [0.1, 0.15) is 18.1 Å². The molecule has 2 aromatic carbocycles. The van der Waals surface area contributed by atoms with Crippen LogP contribution in [0, 0.1) is 0 Å². The Morgan fingerprint density at radius 2 is 1.58 bits per heavy atom. The molecule has 0 aliphatic rings. The molecule has 0 aliphatic heterocycles. The maximum atomic E-state index is 11.4. The van der Waals surface area contributed by atoms with Crippen LogP contribution >= 0.6 is 0 Å². The highest BCUT2D eigenvalue weighted by atomic mass is 16.5. The van der Waals surface area contributed by atoms with E-state index in [-0.39, 0.29) is 12.4 Å². The van der Waals surface area contributed by atoms with Gasteiger partial charge in [0, 0.05) is 13.5 Å². The van der Waals surface area contributed by atoms with Gasteiger partial charge in [0.05, 0.1) is 0 Å². The van der Waals surface area contributed by atoms with E-state index in [0.717, 1.165) is 17.1 Å². The summed E-state index contributed by atoms with van der Waals surface area (Å²) >= 11 is 0. The first-order chi connectivity index (χ1) is 9.28. The lowest BCUT2D eigenvalue weighted by molar-refractivity contribution is -0.121. The van der Waals surface area contributed by atoms with Crippen molar-refractivity contribution >= 4 is 5.78 Å². The molecule has 0 radical (unpaired) electrons. The van der Waals surface area contributed by atoms with Crippen molar-refractivity contribution in [2.45, 2.75) is 6.42 Å². The van der Waals surface area contributed by atoms with E-state index in [4.69, 9.17) is 9.47 Å². The zero-order valence-corrected chi connectivity index (χ0v) is 10.8. The Kier molecular flexibility index (Phi) is 4.70. The van der Waals surface area contributed by atoms with Crippen LogP contribution in [-0.4, -0.2) is 19.5 Å². The number of benzene rings is 2. The summed E-state index contributed by atoms with van der Waals surface area (Å²) in [6.07, 6.45) is 0.388. The van der Waals surface area contributed by atoms with Crippen LogP contribution in [0.15, 0.2) is 54.6 Å². The first-order valence-corrected chi connectivity index (χ1v) is 6.10. The van der Waals surface area contributed by atoms with E-state index >= 15 is 0 Å². The van der Waals surface area contributed by atoms with Crippen molar-refractivity contribution in [1.82, 2.24) is 0 Å². The van der Waals surface area contributed by atoms with Crippen molar-refractivity contribution < 1.29 is 14.3 Å². The molecule has 19 heavy (non-hydrogen) atoms. The molecule has 0 spiro atoms. The summed E-state index contributed by atoms with van der Waals surface area (Å²) in [5.41, 5.74) is 0.961. The molecule has 0 N–H and O–H groups in total. The lowest BCUT2D eigenvalue weighted by atomic mass is 10.1. The molecule has 2 aromatic rings. The standard InChI is InChI=1S/C16H16O3/c1-18-12-14(17)11-13-7-9-16(10-8-13)19-15-5-3-2-4-6-15/h2-10H,11-12H2,1H3. The van der Waals surface area contributed by atoms with Crippen molar-refractivity contribution in [3.8, 4) is 11.5 Å². The van der Waals surface area contributed by atoms with E-state index in [2.05, 4.69) is 0 Å². The third-order valence-corrected chi connectivity index (χ3v) is 2.61. The molecule has 3 heteroatoms. The Morgan fingerprint density at radius 1 is 0.947 bits per heavy atom. The summed E-state index contributed by atoms with van der Waals surface area (Å²) in [4.78, 5) is 11.4. The highest BCUT2D eigenvalue weighted by Gasteiger charge is 2.03. The van der Waals surface area contributed by atoms with Gasteiger partial charge < -0.3 is 9.47 Å². The van der Waals surface area contributed by atoms with Gasteiger partial charge in [0.15, 0.2) is 5.78 Å². The van der Waals surface area contributed by atoms with Crippen LogP contribution in [0.3, 0.4) is 0 Å². The molecule has 0 unspecified atom stereocenters. The minimum Gasteiger partial charge on any atom is -0.457 e. The van der Waals surface area contributed by atoms with Gasteiger partial charge in [-0.05, 0) is 29.8 Å². The molecule has 2 rings (SSSR count). The quantitative estimate of drug-likeness (QED) is 0.796. The molecule has 0 heterocycles. The van der Waals surface area contributed by atoms with Crippen molar-refractivity contribution in [3.05, 3.63) is 60.2 Å². The van der Waals surface area contributed by atoms with Crippen molar-refractivity contribution in [2.24, 2.45) is 0 Å². The lowest BCUT2D eigenvalue weighted by Crippen LogP contribution is -2.09. The molecule has 0 atom stereocenters. The summed E-state index contributed by atoms with van der Waals surface area (Å²) in [5, 5.41) is 0. The fourth-order valence-corrected chi connectivity index (χ4v) is 1.74. The van der Waals surface area contributed by atoms with Crippen molar-refractivity contribution in [2.75, 3.05) is 13.7 Å². The maximum absolute atomic E-state index is 11.4. The number of ketones is 1. The summed E-state index contributed by atoms with van der Waals surface area (Å²) in [5.74, 6) is 1.62. The number of hydrogen-bond acceptors (Lipinski definition) is 3. The van der Waals surface area contributed by atoms with Gasteiger partial charge in [-0.2, -0.15) is 0 Å². The molecule has 0 aliphatic carbocycles. The smallest absolute Gasteiger partial charge is 0.162 e. The van der Waals surface area contributed by atoms with Gasteiger partial charge in [-0.25, -0.2) is 0 Å². The minimum atomic E-state index is 0.0687. The SMILES string of the molecule is COCC(=O)Cc1ccc(Oc2ccccc2)cc1. The Morgan fingerprint density at radius 3 is 2.21 bits per heavy atom. The van der Waals surface area contributed by atoms with Crippen LogP contribution < -0.4 is 4.74 Å². The third-order valence-electron chi connectivity index (χ3n) is 2.61. The topological polar surface area (TPSA) is 35.5 Å². The summed E-state index contributed by atoms with van der Waals surface area (Å²) < 4.78 is 10.5. The number of rotatable bonds is 6. The van der Waals surface area contributed by atoms with Crippen LogP contribution in [0.4, 0.5) is 0 Å². The van der Waals surface area contributed by atoms with E-state index < -0.39 is 0 Å². The first-order valence-electron chi connectivity index (χ1n) is 6.10. The van der Waals surface area contributed by atoms with Crippen LogP contribution in [-0.2, 0) is 16.0 Å². The number of carbonyl (C=O) groups excluding carboxylic acids is 1. The average Bonchev–Trinajstić information content (AvgIpc) is 2.42. The van der Waals surface area contributed by atoms with Crippen molar-refractivity contribution in [1.29, 1.82) is 0 Å². The van der Waals surface area contributed by atoms with E-state index in [1.165, 1.54) is 7.11 Å². The molecule has 0 aromatic heterocycles. The number of ether oxygens (including phenoxy) is 2. The first kappa shape index (κ1) is 13.3. The number of Topliss-reactive ketones (excluding diaryl/α,β-unsaturated/α-hetero) is 1. The van der Waals surface area contributed by atoms with Crippen LogP contribution in [0.25, 0.3) is 0 Å². The van der Waals surface area contributed by atoms with Gasteiger partial charge in [0.2, 0.25) is 0 Å². The monoisotopic (exact) mass is 256 g/mol. The van der Waals surface area contributed by atoms with Gasteiger partial charge in [-0.1, -0.05) is 30.3 Å². The predicted octanol–water partition coefficient (Wildman–Crippen LogP) is 3.24. The Bertz CT molecular complexity index is 517. The zero-order valence-electron chi connectivity index (χ0n) is 10.8. The normalized spacial score (nSPS) is 10.2. The molecule has 98 valence electrons. The molecule has 0 fully saturated rings. The molecule has 0 saturated carbocycles. The number of hydrogen-bond donors (Lipinski definition) is 0. The van der Waals surface area contributed by atoms with Crippen molar-refractivity contribution in [3.63, 3.8) is 0 Å². The fourth-order valence-electron chi connectivity index (χ4n) is 1.74. The van der Waals surface area contributed by atoms with E-state index in [1.54, 1.807) is 0 Å². The van der Waals surface area contributed by atoms with Gasteiger partial charge in [-0.15, -0.1) is 0 Å². The summed E-state index contributed by atoms with van der Waals surface area (Å²) in [6.45, 7) is 0.155. The Balaban J connectivity index is 1.97. The average molecular weight is 256 g/mol. The van der Waals surface area contributed by atoms with Crippen LogP contribution in [0.2, 0.25) is 0 Å². The van der Waals surface area contributed by atoms with E-state index in [0.29, 0.717) is 6.42 Å². The second-order valence-corrected chi connectivity index (χ2v) is 4.21. The molecule has 0 bridgehead atoms. The molecule has 0 amide bonds. The summed E-state index contributed by atoms with van der Waals surface area (Å²) in [6, 6.07) is 17.1. The fraction of sp³-hybridized carbons (Fsp3) is 0.188. The maximum Gasteiger partial charge on any atom is 0.162 e. The molecule has 3 nitrogen and oxygen atoms in total. The Labute approximate surface area is 112 Å². The molecular weight excluding hydrogens is 240 g/mol. The van der Waals surface area contributed by atoms with Gasteiger partial charge >= 0.3 is 0 Å². The zero-order chi connectivity index (χ0) is 13.5. The van der Waals surface area contributed by atoms with E-state index in [1.807, 2.05) is 54.6 Å². The Hall–Kier alpha value is -2.13. The predicted molar refractivity (Wildman–Crippen MR) is 73.5 cm³/mol. The molecular formula is C16H16O3. The van der Waals surface area contributed by atoms with Crippen LogP contribution in [0.5, 0.6) is 11.5 Å². The second-order valence-electron chi connectivity index (χ2n) is 4.21. The highest BCUT2D eigenvalue weighted by Crippen LogP contribution is 2.21. The number of methoxy groups -OCH3 is 1. The summed E-state index contributed by atoms with van der Waals surface area (Å²) in [7, 11) is 1.52. The van der Waals surface area contributed by atoms with Gasteiger partial charge in [0.25, 0.3) is 0 Å². The third kappa shape index (κ3) is 4.23. The lowest BCUT2D eigenvalue weighted by Gasteiger charge is -2.06. The second kappa shape index (κ2) is 6.71. The number of para-hydroxylation sites is 1. The largest absolute Gasteiger partial charge is 0.457 e. The minimum absolute atomic E-state index is 0.0687. The molecule has 0 saturated heterocycles. The highest BCUT2D eigenvalue weighted by molar-refractivity contribution is 5.82. The number of carbonyl (C=O) groups is 1.